The molecule has 0 spiro atoms. The molecule has 0 aliphatic heterocycles. The quantitative estimate of drug-likeness (QED) is 0.392. The van der Waals surface area contributed by atoms with Crippen LogP contribution in [0.25, 0.3) is 0 Å². The molecule has 5 heteroatoms. The summed E-state index contributed by atoms with van der Waals surface area (Å²) in [6, 6.07) is 0. The lowest BCUT2D eigenvalue weighted by Gasteiger charge is -2.29. The molecule has 1 unspecified atom stereocenters. The van der Waals surface area contributed by atoms with Crippen LogP contribution in [0.1, 0.15) is 20.3 Å². The number of esters is 1. The summed E-state index contributed by atoms with van der Waals surface area (Å²) < 4.78 is 15.9. The Balaban J connectivity index is 4.02. The van der Waals surface area contributed by atoms with Crippen LogP contribution < -0.4 is 0 Å². The maximum Gasteiger partial charge on any atom is 0.337 e. The van der Waals surface area contributed by atoms with E-state index in [4.69, 9.17) is 13.6 Å². The number of hydrogen-bond donors (Lipinski definition) is 0. The molecule has 0 bridgehead atoms. The Morgan fingerprint density at radius 3 is 2.25 bits per heavy atom. The van der Waals surface area contributed by atoms with Gasteiger partial charge in [-0.1, -0.05) is 13.5 Å². The largest absolute Gasteiger partial charge is 0.462 e. The van der Waals surface area contributed by atoms with Crippen molar-refractivity contribution in [3.63, 3.8) is 0 Å². The van der Waals surface area contributed by atoms with Crippen LogP contribution in [0.3, 0.4) is 0 Å². The topological polar surface area (TPSA) is 44.8 Å². The number of carbonyl (C=O) groups excluding carboxylic acids is 1. The van der Waals surface area contributed by atoms with E-state index in [1.165, 1.54) is 0 Å². The molecule has 0 amide bonds. The van der Waals surface area contributed by atoms with E-state index in [-0.39, 0.29) is 11.5 Å². The van der Waals surface area contributed by atoms with Gasteiger partial charge in [0.05, 0.1) is 6.61 Å². The SMILES string of the molecule is C=C(C)C(=O)OCCC(C)[Si](C)(OC)OC. The van der Waals surface area contributed by atoms with Crippen LogP contribution in [0, 0.1) is 0 Å². The van der Waals surface area contributed by atoms with Gasteiger partial charge in [-0.15, -0.1) is 0 Å². The highest BCUT2D eigenvalue weighted by Crippen LogP contribution is 2.25. The molecule has 0 N–H and O–H groups in total. The normalized spacial score (nSPS) is 13.3. The van der Waals surface area contributed by atoms with Crippen molar-refractivity contribution in [1.82, 2.24) is 0 Å². The molecule has 16 heavy (non-hydrogen) atoms. The summed E-state index contributed by atoms with van der Waals surface area (Å²) in [7, 11) is 1.20. The minimum absolute atomic E-state index is 0.264. The fourth-order valence-electron chi connectivity index (χ4n) is 1.20. The van der Waals surface area contributed by atoms with Crippen LogP contribution in [0.15, 0.2) is 12.2 Å². The molecule has 0 aromatic rings. The Hall–Kier alpha value is -0.653. The number of ether oxygens (including phenoxy) is 1. The van der Waals surface area contributed by atoms with Gasteiger partial charge >= 0.3 is 14.5 Å². The van der Waals surface area contributed by atoms with E-state index in [0.29, 0.717) is 12.2 Å². The zero-order valence-electron chi connectivity index (χ0n) is 10.8. The molecule has 0 aliphatic rings. The van der Waals surface area contributed by atoms with E-state index in [9.17, 15) is 4.79 Å². The molecular formula is C11H22O4Si. The molecule has 0 radical (unpaired) electrons. The molecule has 1 atom stereocenters. The molecule has 0 saturated heterocycles. The van der Waals surface area contributed by atoms with Crippen molar-refractivity contribution in [2.45, 2.75) is 32.4 Å². The summed E-state index contributed by atoms with van der Waals surface area (Å²) in [5.41, 5.74) is 0.687. The third-order valence-electron chi connectivity index (χ3n) is 2.84. The summed E-state index contributed by atoms with van der Waals surface area (Å²) in [5.74, 6) is -0.342. The van der Waals surface area contributed by atoms with E-state index in [1.807, 2.05) is 13.5 Å². The fraction of sp³-hybridized carbons (Fsp3) is 0.727. The van der Waals surface area contributed by atoms with Gasteiger partial charge in [-0.2, -0.15) is 0 Å². The maximum absolute atomic E-state index is 11.1. The minimum atomic E-state index is -2.11. The second-order valence-corrected chi connectivity index (χ2v) is 7.86. The van der Waals surface area contributed by atoms with Gasteiger partial charge in [-0.25, -0.2) is 4.79 Å². The Bertz CT molecular complexity index is 248. The van der Waals surface area contributed by atoms with Gasteiger partial charge in [-0.3, -0.25) is 0 Å². The van der Waals surface area contributed by atoms with Gasteiger partial charge in [0.15, 0.2) is 0 Å². The van der Waals surface area contributed by atoms with Gasteiger partial charge in [-0.05, 0) is 19.9 Å². The lowest BCUT2D eigenvalue weighted by atomic mass is 10.3. The molecule has 4 nitrogen and oxygen atoms in total. The van der Waals surface area contributed by atoms with Crippen LogP contribution in [0.4, 0.5) is 0 Å². The number of carbonyl (C=O) groups is 1. The second kappa shape index (κ2) is 6.83. The molecule has 0 aliphatic carbocycles. The van der Waals surface area contributed by atoms with Gasteiger partial charge in [0, 0.05) is 25.3 Å². The number of hydrogen-bond acceptors (Lipinski definition) is 4. The Morgan fingerprint density at radius 1 is 1.38 bits per heavy atom. The summed E-state index contributed by atoms with van der Waals surface area (Å²) in [6.45, 7) is 9.58. The molecular weight excluding hydrogens is 224 g/mol. The van der Waals surface area contributed by atoms with E-state index in [1.54, 1.807) is 21.1 Å². The average Bonchev–Trinajstić information content (AvgIpc) is 2.27. The van der Waals surface area contributed by atoms with Crippen molar-refractivity contribution in [2.75, 3.05) is 20.8 Å². The maximum atomic E-state index is 11.1. The van der Waals surface area contributed by atoms with Crippen molar-refractivity contribution in [2.24, 2.45) is 0 Å². The van der Waals surface area contributed by atoms with Gasteiger partial charge in [0.25, 0.3) is 0 Å². The monoisotopic (exact) mass is 246 g/mol. The lowest BCUT2D eigenvalue weighted by Crippen LogP contribution is -2.41. The zero-order valence-corrected chi connectivity index (χ0v) is 11.8. The molecule has 94 valence electrons. The Morgan fingerprint density at radius 2 is 1.88 bits per heavy atom. The van der Waals surface area contributed by atoms with Crippen LogP contribution in [0.2, 0.25) is 12.1 Å². The predicted octanol–water partition coefficient (Wildman–Crippen LogP) is 2.25. The zero-order chi connectivity index (χ0) is 12.8. The number of rotatable bonds is 7. The molecule has 0 heterocycles. The molecule has 0 rings (SSSR count). The van der Waals surface area contributed by atoms with Crippen molar-refractivity contribution in [3.8, 4) is 0 Å². The first-order valence-electron chi connectivity index (χ1n) is 5.30. The molecule has 0 saturated carbocycles. The Kier molecular flexibility index (Phi) is 6.55. The predicted molar refractivity (Wildman–Crippen MR) is 65.5 cm³/mol. The van der Waals surface area contributed by atoms with Crippen LogP contribution >= 0.6 is 0 Å². The van der Waals surface area contributed by atoms with Crippen molar-refractivity contribution < 1.29 is 18.4 Å². The summed E-state index contributed by atoms with van der Waals surface area (Å²) >= 11 is 0. The van der Waals surface area contributed by atoms with Crippen molar-refractivity contribution in [1.29, 1.82) is 0 Å². The lowest BCUT2D eigenvalue weighted by molar-refractivity contribution is -0.139. The third kappa shape index (κ3) is 4.47. The van der Waals surface area contributed by atoms with Gasteiger partial charge in [0.1, 0.15) is 0 Å². The van der Waals surface area contributed by atoms with E-state index in [2.05, 4.69) is 6.58 Å². The first-order valence-corrected chi connectivity index (χ1v) is 7.69. The first-order chi connectivity index (χ1) is 7.37. The van der Waals surface area contributed by atoms with E-state index in [0.717, 1.165) is 6.42 Å². The smallest absolute Gasteiger partial charge is 0.337 e. The van der Waals surface area contributed by atoms with E-state index < -0.39 is 8.56 Å². The van der Waals surface area contributed by atoms with Crippen molar-refractivity contribution in [3.05, 3.63) is 12.2 Å². The van der Waals surface area contributed by atoms with Gasteiger partial charge < -0.3 is 13.6 Å². The average molecular weight is 246 g/mol. The molecule has 0 fully saturated rings. The molecule has 0 aromatic carbocycles. The van der Waals surface area contributed by atoms with Gasteiger partial charge in [0.2, 0.25) is 0 Å². The first kappa shape index (κ1) is 15.3. The minimum Gasteiger partial charge on any atom is -0.462 e. The van der Waals surface area contributed by atoms with Crippen LogP contribution in [-0.2, 0) is 18.4 Å². The highest BCUT2D eigenvalue weighted by atomic mass is 28.4. The highest BCUT2D eigenvalue weighted by molar-refractivity contribution is 6.67. The summed E-state index contributed by atoms with van der Waals surface area (Å²) in [6.07, 6.45) is 0.740. The fourth-order valence-corrected chi connectivity index (χ4v) is 2.81. The van der Waals surface area contributed by atoms with Crippen LogP contribution in [-0.4, -0.2) is 35.4 Å². The Labute approximate surface area is 98.8 Å². The van der Waals surface area contributed by atoms with Crippen molar-refractivity contribution >= 4 is 14.5 Å². The standard InChI is InChI=1S/C11H22O4Si/c1-9(2)11(12)15-8-7-10(3)16(6,13-4)14-5/h10H,1,7-8H2,2-6H3. The second-order valence-electron chi connectivity index (χ2n) is 4.03. The summed E-state index contributed by atoms with van der Waals surface area (Å²) in [4.78, 5) is 11.1. The molecule has 0 aromatic heterocycles. The van der Waals surface area contributed by atoms with E-state index >= 15 is 0 Å². The third-order valence-corrected chi connectivity index (χ3v) is 6.54. The van der Waals surface area contributed by atoms with Crippen LogP contribution in [0.5, 0.6) is 0 Å². The highest BCUT2D eigenvalue weighted by Gasteiger charge is 2.36. The summed E-state index contributed by atoms with van der Waals surface area (Å²) in [5, 5.41) is 0.